The molecule has 0 aromatic rings. The molecule has 0 aliphatic carbocycles. The molecule has 27 valence electrons. The van der Waals surface area contributed by atoms with Crippen LogP contribution < -0.4 is 0 Å². The van der Waals surface area contributed by atoms with Crippen LogP contribution in [0.25, 0.3) is 0 Å². The van der Waals surface area contributed by atoms with Gasteiger partial charge < -0.3 is 0 Å². The Kier molecular flexibility index (Phi) is 22.5. The van der Waals surface area contributed by atoms with Gasteiger partial charge in [-0.25, -0.2) is 0 Å². The third kappa shape index (κ3) is 36.5. The van der Waals surface area contributed by atoms with Crippen molar-refractivity contribution in [3.63, 3.8) is 0 Å². The van der Waals surface area contributed by atoms with Crippen molar-refractivity contribution in [2.45, 2.75) is 0 Å². The zero-order valence-electron chi connectivity index (χ0n) is 2.19. The second kappa shape index (κ2) is 10.2. The molecule has 0 aromatic heterocycles. The van der Waals surface area contributed by atoms with Gasteiger partial charge in [0.25, 0.3) is 0 Å². The Morgan fingerprint density at radius 1 is 2.00 bits per heavy atom. The Morgan fingerprint density at radius 2 is 2.00 bits per heavy atom. The van der Waals surface area contributed by atoms with E-state index in [1.54, 1.807) is 0 Å². The van der Waals surface area contributed by atoms with Crippen LogP contribution in [0.5, 0.6) is 0 Å². The standard InChI is InChI=1S/C2H3O.Sn.3H2/c1-2-3;;;;/h2H,1H2;;3*1H. The van der Waals surface area contributed by atoms with Crippen LogP contribution in [0.2, 0.25) is 0 Å². The summed E-state index contributed by atoms with van der Waals surface area (Å²) in [7, 11) is 0. The molecule has 0 N–H and O–H groups in total. The van der Waals surface area contributed by atoms with Crippen LogP contribution >= 0.6 is 0 Å². The molecule has 1 nitrogen and oxygen atoms in total. The van der Waals surface area contributed by atoms with Crippen molar-refractivity contribution in [2.75, 3.05) is 0 Å². The van der Waals surface area contributed by atoms with Crippen molar-refractivity contribution < 1.29 is 9.39 Å². The van der Waals surface area contributed by atoms with Gasteiger partial charge in [0, 0.05) is 28.2 Å². The minimum absolute atomic E-state index is 0. The van der Waals surface area contributed by atoms with Crippen LogP contribution in [0, 0.1) is 0 Å². The van der Waals surface area contributed by atoms with Crippen molar-refractivity contribution in [3.8, 4) is 0 Å². The van der Waals surface area contributed by atoms with Gasteiger partial charge in [-0.05, 0) is 0 Å². The van der Waals surface area contributed by atoms with Crippen molar-refractivity contribution in [3.05, 3.63) is 12.8 Å². The van der Waals surface area contributed by atoms with Crippen molar-refractivity contribution in [1.29, 1.82) is 0 Å². The molecule has 0 saturated heterocycles. The quantitative estimate of drug-likeness (QED) is 0.378. The summed E-state index contributed by atoms with van der Waals surface area (Å²) in [6.45, 7) is 2.81. The van der Waals surface area contributed by atoms with Crippen LogP contribution in [0.4, 0.5) is 0 Å². The Balaban J connectivity index is -0.00000000333. The Labute approximate surface area is 46.7 Å². The fourth-order valence-electron chi connectivity index (χ4n) is 0. The monoisotopic (exact) mass is 169 g/mol. The number of hydrogen-bond acceptors (Lipinski definition) is 0. The molecule has 0 saturated carbocycles. The Bertz CT molecular complexity index is 20.4. The van der Waals surface area contributed by atoms with E-state index in [2.05, 4.69) is 6.58 Å². The molecule has 0 atom stereocenters. The molecule has 0 rings (SSSR count). The zero-order valence-corrected chi connectivity index (χ0v) is 5.05. The topological polar surface area (TPSA) is 19.9 Å². The number of hydrogen-bond donors (Lipinski definition) is 0. The van der Waals surface area contributed by atoms with Crippen molar-refractivity contribution in [1.82, 2.24) is 0 Å². The van der Waals surface area contributed by atoms with Crippen molar-refractivity contribution in [2.24, 2.45) is 0 Å². The molecule has 0 bridgehead atoms. The molecule has 0 aliphatic heterocycles. The summed E-state index contributed by atoms with van der Waals surface area (Å²) in [5.74, 6) is 0. The van der Waals surface area contributed by atoms with Crippen LogP contribution in [0.15, 0.2) is 12.8 Å². The SMILES string of the molecule is C=C[O].[HH].[HH].[HH].[Sn]. The van der Waals surface area contributed by atoms with E-state index in [4.69, 9.17) is 5.11 Å². The molecule has 0 aromatic carbocycles. The molecule has 4 heavy (non-hydrogen) atoms. The van der Waals surface area contributed by atoms with E-state index < -0.39 is 0 Å². The predicted molar refractivity (Wildman–Crippen MR) is 23.0 cm³/mol. The minimum atomic E-state index is 0. The van der Waals surface area contributed by atoms with E-state index in [9.17, 15) is 0 Å². The van der Waals surface area contributed by atoms with Crippen molar-refractivity contribution >= 4 is 23.9 Å². The second-order valence-electron chi connectivity index (χ2n) is 0.167. The van der Waals surface area contributed by atoms with E-state index >= 15 is 0 Å². The van der Waals surface area contributed by atoms with E-state index in [1.807, 2.05) is 0 Å². The zero-order chi connectivity index (χ0) is 2.71. The molecule has 0 fully saturated rings. The van der Waals surface area contributed by atoms with Gasteiger partial charge in [-0.15, -0.1) is 0 Å². The van der Waals surface area contributed by atoms with E-state index in [0.717, 1.165) is 0 Å². The average Bonchev–Trinajstić information content (AvgIpc) is 0.918. The summed E-state index contributed by atoms with van der Waals surface area (Å²) < 4.78 is 0. The van der Waals surface area contributed by atoms with Gasteiger partial charge in [0.15, 0.2) is 0 Å². The molecule has 2 heteroatoms. The largest absolute Gasteiger partial charge is 0.299 e. The molecular weight excluding hydrogens is 159 g/mol. The summed E-state index contributed by atoms with van der Waals surface area (Å²) in [5.41, 5.74) is 0. The fraction of sp³-hybridized carbons (Fsp3) is 0. The Morgan fingerprint density at radius 3 is 2.00 bits per heavy atom. The van der Waals surface area contributed by atoms with E-state index in [0.29, 0.717) is 6.26 Å². The normalized spacial score (nSPS) is 3.00. The maximum Gasteiger partial charge on any atom is 0.135 e. The first kappa shape index (κ1) is 8.84. The first-order chi connectivity index (χ1) is 1.41. The first-order valence-corrected chi connectivity index (χ1v) is 0.644. The molecule has 0 amide bonds. The molecule has 5 radical (unpaired) electrons. The number of rotatable bonds is 0. The van der Waals surface area contributed by atoms with Crippen LogP contribution in [-0.4, -0.2) is 23.9 Å². The van der Waals surface area contributed by atoms with E-state index in [-0.39, 0.29) is 28.2 Å². The van der Waals surface area contributed by atoms with Gasteiger partial charge in [-0.2, -0.15) is 0 Å². The van der Waals surface area contributed by atoms with Gasteiger partial charge in [-0.3, -0.25) is 5.11 Å². The van der Waals surface area contributed by atoms with Gasteiger partial charge >= 0.3 is 0 Å². The van der Waals surface area contributed by atoms with Gasteiger partial charge in [0.05, 0.1) is 0 Å². The Hall–Kier alpha value is 0.339. The molecule has 0 spiro atoms. The third-order valence-corrected chi connectivity index (χ3v) is 0. The predicted octanol–water partition coefficient (Wildman–Crippen LogP) is 0.918. The maximum atomic E-state index is 8.69. The fourth-order valence-corrected chi connectivity index (χ4v) is 0. The molecule has 0 aliphatic rings. The third-order valence-electron chi connectivity index (χ3n) is 0. The summed E-state index contributed by atoms with van der Waals surface area (Å²) in [6, 6.07) is 0. The first-order valence-electron chi connectivity index (χ1n) is 0.644. The maximum absolute atomic E-state index is 8.69. The van der Waals surface area contributed by atoms with E-state index in [1.165, 1.54) is 0 Å². The molecule has 0 heterocycles. The smallest absolute Gasteiger partial charge is 0.135 e. The van der Waals surface area contributed by atoms with Gasteiger partial charge in [-0.1, -0.05) is 6.58 Å². The summed E-state index contributed by atoms with van der Waals surface area (Å²) in [6.07, 6.45) is 0.500. The molecule has 0 unspecified atom stereocenters. The average molecular weight is 168 g/mol. The molecular formula is C2H9OSn. The van der Waals surface area contributed by atoms with Crippen LogP contribution in [-0.2, 0) is 5.11 Å². The summed E-state index contributed by atoms with van der Waals surface area (Å²) in [5, 5.41) is 8.69. The summed E-state index contributed by atoms with van der Waals surface area (Å²) >= 11 is 0. The van der Waals surface area contributed by atoms with Gasteiger partial charge in [0.2, 0.25) is 0 Å². The summed E-state index contributed by atoms with van der Waals surface area (Å²) in [4.78, 5) is 0. The van der Waals surface area contributed by atoms with Crippen LogP contribution in [0.3, 0.4) is 0 Å². The second-order valence-corrected chi connectivity index (χ2v) is 0.167. The minimum Gasteiger partial charge on any atom is -0.299 e. The van der Waals surface area contributed by atoms with Crippen LogP contribution in [0.1, 0.15) is 4.28 Å². The van der Waals surface area contributed by atoms with Gasteiger partial charge in [0.1, 0.15) is 6.26 Å².